The molecule has 0 aromatic heterocycles. The molecular weight excluding hydrogens is 166 g/mol. The summed E-state index contributed by atoms with van der Waals surface area (Å²) in [6, 6.07) is 1.71. The van der Waals surface area contributed by atoms with E-state index in [1.165, 1.54) is 0 Å². The number of nitriles is 1. The van der Waals surface area contributed by atoms with E-state index in [1.54, 1.807) is 6.07 Å². The maximum Gasteiger partial charge on any atom is 0.153 e. The molecule has 1 aliphatic rings. The van der Waals surface area contributed by atoms with Crippen LogP contribution in [0.4, 0.5) is 0 Å². The van der Waals surface area contributed by atoms with Gasteiger partial charge in [-0.1, -0.05) is 0 Å². The molecule has 0 saturated carbocycles. The molecule has 0 aliphatic carbocycles. The quantitative estimate of drug-likeness (QED) is 0.501. The summed E-state index contributed by atoms with van der Waals surface area (Å²) in [5.74, 6) is -0.145. The first-order valence-electron chi connectivity index (χ1n) is 3.32. The van der Waals surface area contributed by atoms with E-state index >= 15 is 0 Å². The van der Waals surface area contributed by atoms with Gasteiger partial charge in [0.15, 0.2) is 15.4 Å². The second kappa shape index (κ2) is 2.47. The van der Waals surface area contributed by atoms with Gasteiger partial charge in [-0.2, -0.15) is 5.26 Å². The highest BCUT2D eigenvalue weighted by Crippen LogP contribution is 2.22. The first-order valence-corrected chi connectivity index (χ1v) is 5.14. The van der Waals surface area contributed by atoms with E-state index in [0.29, 0.717) is 0 Å². The Kier molecular flexibility index (Phi) is 1.90. The molecule has 5 heteroatoms. The Morgan fingerprint density at radius 1 is 1.36 bits per heavy atom. The van der Waals surface area contributed by atoms with Crippen molar-refractivity contribution in [2.24, 2.45) is 0 Å². The van der Waals surface area contributed by atoms with Crippen LogP contribution in [-0.2, 0) is 9.84 Å². The van der Waals surface area contributed by atoms with Gasteiger partial charge >= 0.3 is 0 Å². The molecule has 0 aromatic rings. The van der Waals surface area contributed by atoms with E-state index in [4.69, 9.17) is 5.26 Å². The van der Waals surface area contributed by atoms with Gasteiger partial charge in [-0.25, -0.2) is 8.42 Å². The first-order chi connectivity index (χ1) is 4.97. The van der Waals surface area contributed by atoms with Crippen LogP contribution in [0.2, 0.25) is 0 Å². The summed E-state index contributed by atoms with van der Waals surface area (Å²) < 4.78 is 21.7. The van der Waals surface area contributed by atoms with Gasteiger partial charge in [-0.05, 0) is 0 Å². The van der Waals surface area contributed by atoms with Crippen molar-refractivity contribution >= 4 is 9.84 Å². The van der Waals surface area contributed by atoms with Crippen molar-refractivity contribution in [2.45, 2.75) is 18.4 Å². The summed E-state index contributed by atoms with van der Waals surface area (Å²) >= 11 is 0. The minimum atomic E-state index is -2.98. The Labute approximate surface area is 65.4 Å². The highest BCUT2D eigenvalue weighted by Gasteiger charge is 2.35. The normalized spacial score (nSPS) is 27.3. The maximum absolute atomic E-state index is 10.8. The Hall–Kier alpha value is -0.600. The lowest BCUT2D eigenvalue weighted by atomic mass is 9.99. The Morgan fingerprint density at radius 2 is 1.82 bits per heavy atom. The number of sulfone groups is 1. The predicted molar refractivity (Wildman–Crippen MR) is 38.5 cm³/mol. The van der Waals surface area contributed by atoms with Crippen LogP contribution >= 0.6 is 0 Å². The zero-order valence-corrected chi connectivity index (χ0v) is 6.76. The van der Waals surface area contributed by atoms with Crippen molar-refractivity contribution in [1.82, 2.24) is 0 Å². The van der Waals surface area contributed by atoms with Crippen LogP contribution < -0.4 is 0 Å². The summed E-state index contributed by atoms with van der Waals surface area (Å²) in [6.07, 6.45) is 0.0949. The van der Waals surface area contributed by atoms with Crippen molar-refractivity contribution in [2.75, 3.05) is 11.5 Å². The average Bonchev–Trinajstić information content (AvgIpc) is 1.97. The third-order valence-corrected chi connectivity index (χ3v) is 3.51. The number of nitrogens with zero attached hydrogens (tertiary/aromatic N) is 1. The summed E-state index contributed by atoms with van der Waals surface area (Å²) in [4.78, 5) is 0. The van der Waals surface area contributed by atoms with Crippen molar-refractivity contribution < 1.29 is 13.5 Å². The molecule has 1 rings (SSSR count). The van der Waals surface area contributed by atoms with Crippen molar-refractivity contribution in [3.8, 4) is 6.07 Å². The highest BCUT2D eigenvalue weighted by atomic mass is 32.2. The Bertz CT molecular complexity index is 273. The van der Waals surface area contributed by atoms with E-state index in [1.807, 2.05) is 0 Å². The predicted octanol–water partition coefficient (Wildman–Crippen LogP) is -0.550. The van der Waals surface area contributed by atoms with Gasteiger partial charge in [-0.15, -0.1) is 0 Å². The van der Waals surface area contributed by atoms with Crippen molar-refractivity contribution in [3.63, 3.8) is 0 Å². The minimum Gasteiger partial charge on any atom is -0.375 e. The summed E-state index contributed by atoms with van der Waals surface area (Å²) in [5.41, 5.74) is -1.40. The van der Waals surface area contributed by atoms with Gasteiger partial charge in [0.1, 0.15) is 0 Å². The van der Waals surface area contributed by atoms with Gasteiger partial charge in [-0.3, -0.25) is 0 Å². The first kappa shape index (κ1) is 8.50. The van der Waals surface area contributed by atoms with Crippen LogP contribution in [0.1, 0.15) is 12.8 Å². The summed E-state index contributed by atoms with van der Waals surface area (Å²) in [5, 5.41) is 17.7. The number of rotatable bonds is 0. The van der Waals surface area contributed by atoms with Crippen LogP contribution in [0.25, 0.3) is 0 Å². The van der Waals surface area contributed by atoms with Crippen LogP contribution in [0.3, 0.4) is 0 Å². The molecule has 0 aromatic carbocycles. The molecule has 4 nitrogen and oxygen atoms in total. The van der Waals surface area contributed by atoms with E-state index in [0.717, 1.165) is 0 Å². The summed E-state index contributed by atoms with van der Waals surface area (Å²) in [6.45, 7) is 0. The molecule has 1 N–H and O–H groups in total. The minimum absolute atomic E-state index is 0.0475. The zero-order valence-electron chi connectivity index (χ0n) is 5.95. The van der Waals surface area contributed by atoms with Gasteiger partial charge in [0.05, 0.1) is 17.6 Å². The second-order valence-corrected chi connectivity index (χ2v) is 5.10. The molecule has 0 atom stereocenters. The standard InChI is InChI=1S/C6H9NO3S/c7-5-6(8)1-3-11(9,10)4-2-6/h8H,1-4H2. The van der Waals surface area contributed by atoms with Crippen molar-refractivity contribution in [3.05, 3.63) is 0 Å². The molecule has 11 heavy (non-hydrogen) atoms. The fourth-order valence-corrected chi connectivity index (χ4v) is 2.49. The zero-order chi connectivity index (χ0) is 8.54. The van der Waals surface area contributed by atoms with Crippen molar-refractivity contribution in [1.29, 1.82) is 5.26 Å². The lowest BCUT2D eigenvalue weighted by molar-refractivity contribution is 0.0884. The second-order valence-electron chi connectivity index (χ2n) is 2.80. The topological polar surface area (TPSA) is 78.2 Å². The molecule has 0 unspecified atom stereocenters. The summed E-state index contributed by atoms with van der Waals surface area (Å²) in [7, 11) is -2.98. The lowest BCUT2D eigenvalue weighted by Gasteiger charge is -2.24. The van der Waals surface area contributed by atoms with Gasteiger partial charge in [0, 0.05) is 12.8 Å². The van der Waals surface area contributed by atoms with E-state index in [9.17, 15) is 13.5 Å². The molecule has 62 valence electrons. The molecule has 0 bridgehead atoms. The molecule has 1 aliphatic heterocycles. The largest absolute Gasteiger partial charge is 0.375 e. The van der Waals surface area contributed by atoms with Crippen LogP contribution in [0.15, 0.2) is 0 Å². The van der Waals surface area contributed by atoms with Gasteiger partial charge < -0.3 is 5.11 Å². The Morgan fingerprint density at radius 3 is 2.18 bits per heavy atom. The molecule has 0 amide bonds. The van der Waals surface area contributed by atoms with Gasteiger partial charge in [0.25, 0.3) is 0 Å². The molecule has 1 heterocycles. The Balaban J connectivity index is 2.71. The fraction of sp³-hybridized carbons (Fsp3) is 0.833. The van der Waals surface area contributed by atoms with Crippen LogP contribution in [-0.4, -0.2) is 30.6 Å². The number of hydrogen-bond donors (Lipinski definition) is 1. The maximum atomic E-state index is 10.8. The SMILES string of the molecule is N#CC1(O)CCS(=O)(=O)CC1. The van der Waals surface area contributed by atoms with E-state index < -0.39 is 15.4 Å². The third kappa shape index (κ3) is 1.91. The van der Waals surface area contributed by atoms with E-state index in [-0.39, 0.29) is 24.3 Å². The van der Waals surface area contributed by atoms with E-state index in [2.05, 4.69) is 0 Å². The molecule has 1 fully saturated rings. The van der Waals surface area contributed by atoms with Crippen LogP contribution in [0.5, 0.6) is 0 Å². The molecule has 1 saturated heterocycles. The average molecular weight is 175 g/mol. The molecule has 0 radical (unpaired) electrons. The van der Waals surface area contributed by atoms with Gasteiger partial charge in [0.2, 0.25) is 0 Å². The monoisotopic (exact) mass is 175 g/mol. The highest BCUT2D eigenvalue weighted by molar-refractivity contribution is 7.91. The lowest BCUT2D eigenvalue weighted by Crippen LogP contribution is -2.37. The molecular formula is C6H9NO3S. The smallest absolute Gasteiger partial charge is 0.153 e. The number of aliphatic hydroxyl groups is 1. The molecule has 0 spiro atoms. The van der Waals surface area contributed by atoms with Crippen LogP contribution in [0, 0.1) is 11.3 Å². The fourth-order valence-electron chi connectivity index (χ4n) is 0.988. The third-order valence-electron chi connectivity index (χ3n) is 1.86. The number of hydrogen-bond acceptors (Lipinski definition) is 4.